The van der Waals surface area contributed by atoms with E-state index in [-0.39, 0.29) is 12.1 Å². The van der Waals surface area contributed by atoms with Gasteiger partial charge in [-0.3, -0.25) is 4.79 Å². The Morgan fingerprint density at radius 2 is 1.94 bits per heavy atom. The molecule has 0 fully saturated rings. The number of hydrogen-bond acceptors (Lipinski definition) is 4. The van der Waals surface area contributed by atoms with Crippen LogP contribution in [0.15, 0.2) is 0 Å². The molecular weight excluding hydrogens is 230 g/mol. The van der Waals surface area contributed by atoms with Gasteiger partial charge in [-0.15, -0.1) is 0 Å². The van der Waals surface area contributed by atoms with Gasteiger partial charge in [-0.2, -0.15) is 0 Å². The van der Waals surface area contributed by atoms with E-state index in [2.05, 4.69) is 5.32 Å². The summed E-state index contributed by atoms with van der Waals surface area (Å²) in [7, 11) is 0. The van der Waals surface area contributed by atoms with Crippen LogP contribution in [0.4, 0.5) is 0 Å². The number of ether oxygens (including phenoxy) is 2. The number of carbonyl (C=O) groups excluding carboxylic acids is 1. The molecule has 0 aromatic carbocycles. The van der Waals surface area contributed by atoms with Gasteiger partial charge >= 0.3 is 5.97 Å². The highest BCUT2D eigenvalue weighted by Crippen LogP contribution is 2.16. The molecule has 4 heteroatoms. The van der Waals surface area contributed by atoms with E-state index >= 15 is 0 Å². The third-order valence-electron chi connectivity index (χ3n) is 2.82. The first kappa shape index (κ1) is 17.4. The van der Waals surface area contributed by atoms with Crippen LogP contribution in [0.3, 0.4) is 0 Å². The van der Waals surface area contributed by atoms with Crippen molar-refractivity contribution in [3.8, 4) is 0 Å². The van der Waals surface area contributed by atoms with E-state index in [1.165, 1.54) is 0 Å². The first-order valence-electron chi connectivity index (χ1n) is 7.00. The summed E-state index contributed by atoms with van der Waals surface area (Å²) in [5, 5.41) is 3.23. The molecule has 4 nitrogen and oxygen atoms in total. The fourth-order valence-corrected chi connectivity index (χ4v) is 1.84. The quantitative estimate of drug-likeness (QED) is 0.484. The fraction of sp³-hybridized carbons (Fsp3) is 0.929. The van der Waals surface area contributed by atoms with Crippen LogP contribution in [0.2, 0.25) is 0 Å². The molecule has 0 aliphatic carbocycles. The van der Waals surface area contributed by atoms with Crippen molar-refractivity contribution in [1.29, 1.82) is 0 Å². The van der Waals surface area contributed by atoms with Crippen molar-refractivity contribution < 1.29 is 14.3 Å². The molecule has 1 unspecified atom stereocenters. The zero-order valence-electron chi connectivity index (χ0n) is 12.5. The number of esters is 1. The average Bonchev–Trinajstić information content (AvgIpc) is 2.28. The molecule has 0 aromatic heterocycles. The molecule has 0 saturated carbocycles. The van der Waals surface area contributed by atoms with Crippen molar-refractivity contribution in [1.82, 2.24) is 5.32 Å². The van der Waals surface area contributed by atoms with Gasteiger partial charge in [0.15, 0.2) is 0 Å². The lowest BCUT2D eigenvalue weighted by Gasteiger charge is -2.28. The molecule has 18 heavy (non-hydrogen) atoms. The van der Waals surface area contributed by atoms with Crippen molar-refractivity contribution in [2.24, 2.45) is 0 Å². The minimum absolute atomic E-state index is 0.156. The summed E-state index contributed by atoms with van der Waals surface area (Å²) in [6, 6.07) is 0. The number of rotatable bonds is 10. The molecule has 1 N–H and O–H groups in total. The Kier molecular flexibility index (Phi) is 9.02. The molecule has 0 saturated heterocycles. The minimum atomic E-state index is -0.567. The van der Waals surface area contributed by atoms with Crippen molar-refractivity contribution in [2.75, 3.05) is 19.8 Å². The van der Waals surface area contributed by atoms with Gasteiger partial charge in [0.1, 0.15) is 5.54 Å². The Morgan fingerprint density at radius 3 is 2.44 bits per heavy atom. The van der Waals surface area contributed by atoms with Crippen LogP contribution in [-0.4, -0.2) is 37.4 Å². The molecule has 0 aromatic rings. The molecule has 1 atom stereocenters. The van der Waals surface area contributed by atoms with Gasteiger partial charge in [-0.1, -0.05) is 6.92 Å². The standard InChI is InChI=1S/C14H29NO3/c1-6-15-14(5,13(16)17-7-2)10-8-9-11-18-12(3)4/h12,15H,6-11H2,1-5H3. The van der Waals surface area contributed by atoms with E-state index < -0.39 is 5.54 Å². The largest absolute Gasteiger partial charge is 0.465 e. The zero-order valence-corrected chi connectivity index (χ0v) is 12.5. The molecule has 0 amide bonds. The summed E-state index contributed by atoms with van der Waals surface area (Å²) in [5.74, 6) is -0.156. The predicted octanol–water partition coefficient (Wildman–Crippen LogP) is 2.51. The minimum Gasteiger partial charge on any atom is -0.465 e. The Balaban J connectivity index is 4.06. The first-order chi connectivity index (χ1) is 8.46. The van der Waals surface area contributed by atoms with Crippen LogP contribution in [-0.2, 0) is 14.3 Å². The summed E-state index contributed by atoms with van der Waals surface area (Å²) in [5.41, 5.74) is -0.567. The summed E-state index contributed by atoms with van der Waals surface area (Å²) < 4.78 is 10.6. The van der Waals surface area contributed by atoms with Crippen molar-refractivity contribution in [3.05, 3.63) is 0 Å². The molecule has 0 spiro atoms. The van der Waals surface area contributed by atoms with E-state index in [1.807, 2.05) is 34.6 Å². The third kappa shape index (κ3) is 6.97. The van der Waals surface area contributed by atoms with Crippen molar-refractivity contribution >= 4 is 5.97 Å². The van der Waals surface area contributed by atoms with Gasteiger partial charge in [0.2, 0.25) is 0 Å². The molecule has 0 radical (unpaired) electrons. The van der Waals surface area contributed by atoms with Gasteiger partial charge in [-0.25, -0.2) is 0 Å². The van der Waals surface area contributed by atoms with Gasteiger partial charge < -0.3 is 14.8 Å². The predicted molar refractivity (Wildman–Crippen MR) is 73.7 cm³/mol. The lowest BCUT2D eigenvalue weighted by Crippen LogP contribution is -2.50. The van der Waals surface area contributed by atoms with E-state index in [4.69, 9.17) is 9.47 Å². The molecule has 0 aliphatic heterocycles. The highest BCUT2D eigenvalue weighted by Gasteiger charge is 2.32. The summed E-state index contributed by atoms with van der Waals surface area (Å²) in [6.45, 7) is 11.7. The third-order valence-corrected chi connectivity index (χ3v) is 2.82. The highest BCUT2D eigenvalue weighted by atomic mass is 16.5. The van der Waals surface area contributed by atoms with Gasteiger partial charge in [-0.05, 0) is 53.5 Å². The van der Waals surface area contributed by atoms with Crippen LogP contribution < -0.4 is 5.32 Å². The summed E-state index contributed by atoms with van der Waals surface area (Å²) >= 11 is 0. The topological polar surface area (TPSA) is 47.6 Å². The summed E-state index contributed by atoms with van der Waals surface area (Å²) in [4.78, 5) is 11.9. The second kappa shape index (κ2) is 9.34. The zero-order chi connectivity index (χ0) is 14.0. The maximum absolute atomic E-state index is 11.9. The number of unbranched alkanes of at least 4 members (excludes halogenated alkanes) is 1. The van der Waals surface area contributed by atoms with Crippen molar-refractivity contribution in [2.45, 2.75) is 65.5 Å². The fourth-order valence-electron chi connectivity index (χ4n) is 1.84. The Labute approximate surface area is 111 Å². The van der Waals surface area contributed by atoms with Crippen LogP contribution in [0, 0.1) is 0 Å². The lowest BCUT2D eigenvalue weighted by atomic mass is 9.95. The van der Waals surface area contributed by atoms with Gasteiger partial charge in [0.25, 0.3) is 0 Å². The van der Waals surface area contributed by atoms with E-state index in [9.17, 15) is 4.79 Å². The van der Waals surface area contributed by atoms with E-state index in [1.54, 1.807) is 0 Å². The Morgan fingerprint density at radius 1 is 1.28 bits per heavy atom. The lowest BCUT2D eigenvalue weighted by molar-refractivity contribution is -0.150. The average molecular weight is 259 g/mol. The van der Waals surface area contributed by atoms with E-state index in [0.717, 1.165) is 32.4 Å². The van der Waals surface area contributed by atoms with Crippen LogP contribution in [0.25, 0.3) is 0 Å². The second-order valence-electron chi connectivity index (χ2n) is 4.96. The van der Waals surface area contributed by atoms with Crippen molar-refractivity contribution in [3.63, 3.8) is 0 Å². The molecule has 0 heterocycles. The Hall–Kier alpha value is -0.610. The SMILES string of the molecule is CCNC(C)(CCCCOC(C)C)C(=O)OCC. The molecule has 0 aliphatic rings. The van der Waals surface area contributed by atoms with Gasteiger partial charge in [0, 0.05) is 6.61 Å². The maximum atomic E-state index is 11.9. The van der Waals surface area contributed by atoms with Crippen LogP contribution in [0.1, 0.15) is 53.9 Å². The number of nitrogens with one attached hydrogen (secondary N) is 1. The van der Waals surface area contributed by atoms with E-state index in [0.29, 0.717) is 6.61 Å². The molecule has 0 rings (SSSR count). The first-order valence-corrected chi connectivity index (χ1v) is 7.00. The molecule has 108 valence electrons. The molecular formula is C14H29NO3. The maximum Gasteiger partial charge on any atom is 0.326 e. The number of hydrogen-bond donors (Lipinski definition) is 1. The monoisotopic (exact) mass is 259 g/mol. The number of likely N-dealkylation sites (N-methyl/N-ethyl adjacent to an activating group) is 1. The summed E-state index contributed by atoms with van der Waals surface area (Å²) in [6.07, 6.45) is 2.98. The second-order valence-corrected chi connectivity index (χ2v) is 4.96. The molecule has 0 bridgehead atoms. The Bertz CT molecular complexity index is 231. The van der Waals surface area contributed by atoms with Gasteiger partial charge in [0.05, 0.1) is 12.7 Å². The highest BCUT2D eigenvalue weighted by molar-refractivity contribution is 5.80. The normalized spacial score (nSPS) is 14.6. The van der Waals surface area contributed by atoms with Crippen LogP contribution in [0.5, 0.6) is 0 Å². The smallest absolute Gasteiger partial charge is 0.326 e. The van der Waals surface area contributed by atoms with Crippen LogP contribution >= 0.6 is 0 Å². The number of carbonyl (C=O) groups is 1.